The number of carbonyl (C=O) groups is 4. The Bertz CT molecular complexity index is 1400. The number of aryl methyl sites for hydroxylation is 2. The second kappa shape index (κ2) is 11.9. The SMILES string of the molecule is Cc1ccc(NC(=O)C(=O)NCc2ccc(/C=N/NC(=O)C(=O)Nc3cccc(C(F)(F)F)c3)o2)cc1C. The van der Waals surface area contributed by atoms with Gasteiger partial charge in [-0.25, -0.2) is 5.43 Å². The lowest BCUT2D eigenvalue weighted by Gasteiger charge is -2.09. The van der Waals surface area contributed by atoms with Gasteiger partial charge in [0.15, 0.2) is 0 Å². The summed E-state index contributed by atoms with van der Waals surface area (Å²) in [5.41, 5.74) is 3.20. The van der Waals surface area contributed by atoms with Crippen molar-refractivity contribution in [3.8, 4) is 0 Å². The highest BCUT2D eigenvalue weighted by molar-refractivity contribution is 6.40. The number of anilines is 2. The zero-order valence-corrected chi connectivity index (χ0v) is 20.1. The van der Waals surface area contributed by atoms with Gasteiger partial charge in [-0.15, -0.1) is 0 Å². The molecule has 10 nitrogen and oxygen atoms in total. The zero-order chi connectivity index (χ0) is 27.9. The molecule has 3 rings (SSSR count). The van der Waals surface area contributed by atoms with Crippen LogP contribution in [0.2, 0.25) is 0 Å². The van der Waals surface area contributed by atoms with Crippen molar-refractivity contribution in [3.05, 3.63) is 82.8 Å². The van der Waals surface area contributed by atoms with Crippen LogP contribution in [-0.4, -0.2) is 29.8 Å². The molecular formula is C25H22F3N5O5. The van der Waals surface area contributed by atoms with Gasteiger partial charge in [-0.05, 0) is 67.4 Å². The predicted molar refractivity (Wildman–Crippen MR) is 131 cm³/mol. The quantitative estimate of drug-likeness (QED) is 0.220. The molecule has 0 radical (unpaired) electrons. The molecule has 3 aromatic rings. The predicted octanol–water partition coefficient (Wildman–Crippen LogP) is 3.26. The Labute approximate surface area is 214 Å². The van der Waals surface area contributed by atoms with Crippen LogP contribution in [-0.2, 0) is 31.9 Å². The monoisotopic (exact) mass is 529 g/mol. The van der Waals surface area contributed by atoms with Crippen LogP contribution in [0.1, 0.15) is 28.2 Å². The van der Waals surface area contributed by atoms with E-state index in [1.165, 1.54) is 18.2 Å². The number of hydrogen-bond acceptors (Lipinski definition) is 6. The normalized spacial score (nSPS) is 11.2. The maximum atomic E-state index is 12.8. The van der Waals surface area contributed by atoms with Crippen LogP contribution < -0.4 is 21.4 Å². The molecule has 0 aliphatic rings. The largest absolute Gasteiger partial charge is 0.458 e. The molecule has 1 heterocycles. The van der Waals surface area contributed by atoms with Gasteiger partial charge >= 0.3 is 29.8 Å². The summed E-state index contributed by atoms with van der Waals surface area (Å²) in [6, 6.07) is 12.0. The smallest absolute Gasteiger partial charge is 0.416 e. The van der Waals surface area contributed by atoms with Crippen LogP contribution >= 0.6 is 0 Å². The summed E-state index contributed by atoms with van der Waals surface area (Å²) in [5, 5.41) is 10.5. The van der Waals surface area contributed by atoms with Crippen molar-refractivity contribution in [3.63, 3.8) is 0 Å². The van der Waals surface area contributed by atoms with Crippen molar-refractivity contribution >= 4 is 41.2 Å². The fourth-order valence-electron chi connectivity index (χ4n) is 2.98. The minimum absolute atomic E-state index is 0.112. The number of hydrazone groups is 1. The number of carbonyl (C=O) groups excluding carboxylic acids is 4. The van der Waals surface area contributed by atoms with Gasteiger partial charge in [-0.3, -0.25) is 19.2 Å². The summed E-state index contributed by atoms with van der Waals surface area (Å²) in [6.45, 7) is 3.69. The number of furan rings is 1. The molecule has 4 N–H and O–H groups in total. The van der Waals surface area contributed by atoms with Crippen molar-refractivity contribution in [1.29, 1.82) is 0 Å². The Morgan fingerprint density at radius 1 is 0.842 bits per heavy atom. The first kappa shape index (κ1) is 27.6. The van der Waals surface area contributed by atoms with E-state index in [-0.39, 0.29) is 23.8 Å². The van der Waals surface area contributed by atoms with Crippen LogP contribution in [0.4, 0.5) is 24.5 Å². The lowest BCUT2D eigenvalue weighted by Crippen LogP contribution is -2.34. The van der Waals surface area contributed by atoms with E-state index >= 15 is 0 Å². The molecule has 198 valence electrons. The third kappa shape index (κ3) is 7.78. The van der Waals surface area contributed by atoms with Crippen molar-refractivity contribution < 1.29 is 36.8 Å². The van der Waals surface area contributed by atoms with E-state index in [0.717, 1.165) is 29.5 Å². The second-order valence-electron chi connectivity index (χ2n) is 7.97. The second-order valence-corrected chi connectivity index (χ2v) is 7.97. The van der Waals surface area contributed by atoms with Gasteiger partial charge in [0.25, 0.3) is 0 Å². The first-order chi connectivity index (χ1) is 17.9. The van der Waals surface area contributed by atoms with Crippen molar-refractivity contribution in [2.75, 3.05) is 10.6 Å². The third-order valence-electron chi connectivity index (χ3n) is 5.09. The van der Waals surface area contributed by atoms with Gasteiger partial charge in [-0.2, -0.15) is 18.3 Å². The summed E-state index contributed by atoms with van der Waals surface area (Å²) < 4.78 is 43.7. The first-order valence-corrected chi connectivity index (χ1v) is 11.0. The number of halogens is 3. The number of benzene rings is 2. The fraction of sp³-hybridized carbons (Fsp3) is 0.160. The molecule has 2 aromatic carbocycles. The molecule has 0 saturated heterocycles. The van der Waals surface area contributed by atoms with Crippen molar-refractivity contribution in [2.24, 2.45) is 5.10 Å². The number of alkyl halides is 3. The first-order valence-electron chi connectivity index (χ1n) is 11.0. The van der Waals surface area contributed by atoms with Gasteiger partial charge in [0.1, 0.15) is 11.5 Å². The summed E-state index contributed by atoms with van der Waals surface area (Å²) in [5.74, 6) is -3.78. The van der Waals surface area contributed by atoms with Crippen LogP contribution in [0.15, 0.2) is 64.1 Å². The molecule has 0 atom stereocenters. The number of nitrogens with one attached hydrogen (secondary N) is 4. The molecule has 0 aliphatic heterocycles. The van der Waals surface area contributed by atoms with Gasteiger partial charge in [0, 0.05) is 11.4 Å². The maximum absolute atomic E-state index is 12.8. The van der Waals surface area contributed by atoms with E-state index < -0.39 is 35.4 Å². The van der Waals surface area contributed by atoms with Gasteiger partial charge in [0.2, 0.25) is 0 Å². The molecule has 0 bridgehead atoms. The number of rotatable bonds is 6. The third-order valence-corrected chi connectivity index (χ3v) is 5.09. The summed E-state index contributed by atoms with van der Waals surface area (Å²) in [6.07, 6.45) is -3.54. The highest BCUT2D eigenvalue weighted by Crippen LogP contribution is 2.30. The van der Waals surface area contributed by atoms with E-state index in [1.807, 2.05) is 30.7 Å². The molecule has 0 fully saturated rings. The van der Waals surface area contributed by atoms with Crippen molar-refractivity contribution in [1.82, 2.24) is 10.7 Å². The molecule has 0 aliphatic carbocycles. The Kier molecular flexibility index (Phi) is 8.63. The number of nitrogens with zero attached hydrogens (tertiary/aromatic N) is 1. The summed E-state index contributed by atoms with van der Waals surface area (Å²) in [4.78, 5) is 47.9. The van der Waals surface area contributed by atoms with Gasteiger partial charge in [0.05, 0.1) is 18.3 Å². The maximum Gasteiger partial charge on any atom is 0.416 e. The Morgan fingerprint density at radius 3 is 2.21 bits per heavy atom. The van der Waals surface area contributed by atoms with Gasteiger partial charge < -0.3 is 20.4 Å². The van der Waals surface area contributed by atoms with E-state index in [2.05, 4.69) is 15.7 Å². The van der Waals surface area contributed by atoms with Crippen LogP contribution in [0.3, 0.4) is 0 Å². The minimum Gasteiger partial charge on any atom is -0.458 e. The van der Waals surface area contributed by atoms with E-state index in [1.54, 1.807) is 12.1 Å². The minimum atomic E-state index is -4.61. The van der Waals surface area contributed by atoms with E-state index in [4.69, 9.17) is 4.42 Å². The molecule has 1 aromatic heterocycles. The molecule has 0 spiro atoms. The average Bonchev–Trinajstić information content (AvgIpc) is 3.32. The van der Waals surface area contributed by atoms with Crippen molar-refractivity contribution in [2.45, 2.75) is 26.6 Å². The molecule has 38 heavy (non-hydrogen) atoms. The standard InChI is InChI=1S/C25H22F3N5O5/c1-14-6-7-18(10-15(14)2)32-22(35)21(34)29-12-19-8-9-20(38-19)13-30-33-24(37)23(36)31-17-5-3-4-16(11-17)25(26,27)28/h3-11,13H,12H2,1-2H3,(H,29,34)(H,31,36)(H,32,35)(H,33,37)/b30-13+. The van der Waals surface area contributed by atoms with Gasteiger partial charge in [-0.1, -0.05) is 12.1 Å². The highest BCUT2D eigenvalue weighted by atomic mass is 19.4. The Hall–Kier alpha value is -4.94. The summed E-state index contributed by atoms with van der Waals surface area (Å²) >= 11 is 0. The molecule has 13 heteroatoms. The topological polar surface area (TPSA) is 142 Å². The lowest BCUT2D eigenvalue weighted by molar-refractivity contribution is -0.137. The fourth-order valence-corrected chi connectivity index (χ4v) is 2.98. The average molecular weight is 529 g/mol. The Morgan fingerprint density at radius 2 is 1.53 bits per heavy atom. The van der Waals surface area contributed by atoms with Crippen LogP contribution in [0.25, 0.3) is 0 Å². The number of amides is 4. The van der Waals surface area contributed by atoms with E-state index in [0.29, 0.717) is 11.8 Å². The van der Waals surface area contributed by atoms with Crippen LogP contribution in [0.5, 0.6) is 0 Å². The summed E-state index contributed by atoms with van der Waals surface area (Å²) in [7, 11) is 0. The van der Waals surface area contributed by atoms with E-state index in [9.17, 15) is 32.3 Å². The number of hydrogen-bond donors (Lipinski definition) is 4. The molecule has 0 saturated carbocycles. The Balaban J connectivity index is 1.45. The van der Waals surface area contributed by atoms with Crippen LogP contribution in [0, 0.1) is 13.8 Å². The highest BCUT2D eigenvalue weighted by Gasteiger charge is 2.30. The molecule has 0 unspecified atom stereocenters. The molecular weight excluding hydrogens is 507 g/mol. The lowest BCUT2D eigenvalue weighted by atomic mass is 10.1. The molecule has 4 amide bonds. The zero-order valence-electron chi connectivity index (χ0n) is 20.1.